The number of amides is 1. The summed E-state index contributed by atoms with van der Waals surface area (Å²) in [6.07, 6.45) is -4.08. The second kappa shape index (κ2) is 5.04. The van der Waals surface area contributed by atoms with Gasteiger partial charge in [0.2, 0.25) is 0 Å². The average Bonchev–Trinajstić information content (AvgIpc) is 2.25. The molecule has 0 fully saturated rings. The van der Waals surface area contributed by atoms with Crippen molar-refractivity contribution in [3.8, 4) is 6.07 Å². The van der Waals surface area contributed by atoms with E-state index in [9.17, 15) is 22.4 Å². The summed E-state index contributed by atoms with van der Waals surface area (Å²) in [5, 5.41) is 8.28. The minimum Gasteiger partial charge on any atom is -0.365 e. The summed E-state index contributed by atoms with van der Waals surface area (Å²) in [5.74, 6) is -2.84. The van der Waals surface area contributed by atoms with Gasteiger partial charge in [0.05, 0.1) is 23.6 Å². The molecule has 95 valence electrons. The molecule has 1 aromatic carbocycles. The van der Waals surface area contributed by atoms with Crippen molar-refractivity contribution in [3.05, 3.63) is 41.1 Å². The van der Waals surface area contributed by atoms with Gasteiger partial charge in [0, 0.05) is 0 Å². The fraction of sp³-hybridized carbons (Fsp3) is 0.182. The molecule has 0 unspecified atom stereocenters. The number of nitrogens with two attached hydrogens (primary N) is 1. The lowest BCUT2D eigenvalue weighted by Crippen LogP contribution is -2.21. The van der Waals surface area contributed by atoms with Gasteiger partial charge in [0.1, 0.15) is 5.82 Å². The van der Waals surface area contributed by atoms with E-state index in [4.69, 9.17) is 11.0 Å². The average molecular weight is 259 g/mol. The summed E-state index contributed by atoms with van der Waals surface area (Å²) in [6.45, 7) is 0. The van der Waals surface area contributed by atoms with Gasteiger partial charge < -0.3 is 5.73 Å². The highest BCUT2D eigenvalue weighted by atomic mass is 19.4. The van der Waals surface area contributed by atoms with Crippen molar-refractivity contribution in [3.63, 3.8) is 0 Å². The van der Waals surface area contributed by atoms with Gasteiger partial charge in [-0.15, -0.1) is 0 Å². The van der Waals surface area contributed by atoms with Crippen LogP contribution in [0, 0.1) is 23.6 Å². The van der Waals surface area contributed by atoms with E-state index in [0.29, 0.717) is 6.07 Å². The van der Waals surface area contributed by atoms with E-state index < -0.39 is 29.0 Å². The van der Waals surface area contributed by atoms with Gasteiger partial charge in [-0.05, 0) is 18.1 Å². The van der Waals surface area contributed by atoms with Crippen LogP contribution in [0.2, 0.25) is 0 Å². The third-order valence-electron chi connectivity index (χ3n) is 2.19. The highest BCUT2D eigenvalue weighted by Gasteiger charge is 2.36. The predicted molar refractivity (Wildman–Crippen MR) is 53.5 cm³/mol. The molecule has 1 radical (unpaired) electrons. The zero-order chi connectivity index (χ0) is 13.9. The summed E-state index contributed by atoms with van der Waals surface area (Å²) < 4.78 is 51.3. The Bertz CT molecular complexity index is 517. The maximum absolute atomic E-state index is 13.7. The van der Waals surface area contributed by atoms with Crippen LogP contribution in [0.4, 0.5) is 17.6 Å². The number of benzene rings is 1. The van der Waals surface area contributed by atoms with E-state index in [1.807, 2.05) is 0 Å². The van der Waals surface area contributed by atoms with E-state index in [1.165, 1.54) is 0 Å². The van der Waals surface area contributed by atoms with Crippen LogP contribution in [0.25, 0.3) is 0 Å². The Morgan fingerprint density at radius 2 is 2.06 bits per heavy atom. The predicted octanol–water partition coefficient (Wildman–Crippen LogP) is 2.21. The van der Waals surface area contributed by atoms with Crippen LogP contribution in [0.3, 0.4) is 0 Å². The molecule has 0 aliphatic heterocycles. The largest absolute Gasteiger partial charge is 0.417 e. The number of halogens is 4. The lowest BCUT2D eigenvalue weighted by Gasteiger charge is -2.13. The topological polar surface area (TPSA) is 66.9 Å². The van der Waals surface area contributed by atoms with Crippen LogP contribution in [-0.4, -0.2) is 5.91 Å². The number of carbonyl (C=O) groups is 1. The Morgan fingerprint density at radius 1 is 1.44 bits per heavy atom. The quantitative estimate of drug-likeness (QED) is 0.845. The summed E-state index contributed by atoms with van der Waals surface area (Å²) in [4.78, 5) is 10.9. The first-order chi connectivity index (χ1) is 8.29. The minimum absolute atomic E-state index is 0.196. The zero-order valence-electron chi connectivity index (χ0n) is 8.88. The van der Waals surface area contributed by atoms with E-state index in [2.05, 4.69) is 0 Å². The first-order valence-corrected chi connectivity index (χ1v) is 4.68. The number of alkyl halides is 3. The molecule has 7 heteroatoms. The first kappa shape index (κ1) is 14.0. The highest BCUT2D eigenvalue weighted by Crippen LogP contribution is 2.34. The number of nitrogens with zero attached hydrogens (tertiary/aromatic N) is 1. The van der Waals surface area contributed by atoms with Crippen molar-refractivity contribution >= 4 is 5.91 Å². The van der Waals surface area contributed by atoms with Crippen molar-refractivity contribution < 1.29 is 22.4 Å². The number of hydrogen-bond donors (Lipinski definition) is 1. The number of rotatable bonds is 3. The van der Waals surface area contributed by atoms with Gasteiger partial charge in [0.25, 0.3) is 5.91 Å². The fourth-order valence-electron chi connectivity index (χ4n) is 1.41. The molecular weight excluding hydrogens is 252 g/mol. The third-order valence-corrected chi connectivity index (χ3v) is 2.19. The van der Waals surface area contributed by atoms with Crippen LogP contribution in [0.1, 0.15) is 21.5 Å². The lowest BCUT2D eigenvalue weighted by atomic mass is 9.99. The molecule has 0 heterocycles. The Labute approximate surface area is 99.8 Å². The van der Waals surface area contributed by atoms with Crippen molar-refractivity contribution in [2.24, 2.45) is 5.73 Å². The minimum atomic E-state index is -4.87. The van der Waals surface area contributed by atoms with Crippen molar-refractivity contribution in [1.29, 1.82) is 5.26 Å². The third kappa shape index (κ3) is 2.77. The molecule has 18 heavy (non-hydrogen) atoms. The summed E-state index contributed by atoms with van der Waals surface area (Å²) in [5.41, 5.74) is 1.93. The second-order valence-electron chi connectivity index (χ2n) is 3.36. The molecular formula is C11H7F4N2O. The van der Waals surface area contributed by atoms with Gasteiger partial charge in [-0.1, -0.05) is 6.07 Å². The van der Waals surface area contributed by atoms with Gasteiger partial charge in [-0.3, -0.25) is 4.79 Å². The van der Waals surface area contributed by atoms with Gasteiger partial charge in [-0.2, -0.15) is 18.4 Å². The number of nitriles is 1. The number of primary amides is 1. The molecule has 0 saturated heterocycles. The van der Waals surface area contributed by atoms with Gasteiger partial charge >= 0.3 is 6.18 Å². The standard InChI is InChI=1S/C11H7F4N2O/c12-9-6(2-1-5-16)3-4-7(11(13,14)15)8(9)10(17)18/h1,3-4H,2H2,(H2,17,18). The summed E-state index contributed by atoms with van der Waals surface area (Å²) in [7, 11) is 0. The van der Waals surface area contributed by atoms with Crippen molar-refractivity contribution in [2.75, 3.05) is 0 Å². The van der Waals surface area contributed by atoms with Gasteiger partial charge in [0.15, 0.2) is 0 Å². The van der Waals surface area contributed by atoms with E-state index in [-0.39, 0.29) is 12.0 Å². The molecule has 1 rings (SSSR count). The Morgan fingerprint density at radius 3 is 2.50 bits per heavy atom. The molecule has 0 spiro atoms. The van der Waals surface area contributed by atoms with Crippen LogP contribution >= 0.6 is 0 Å². The number of carbonyl (C=O) groups excluding carboxylic acids is 1. The second-order valence-corrected chi connectivity index (χ2v) is 3.36. The molecule has 0 aliphatic rings. The fourth-order valence-corrected chi connectivity index (χ4v) is 1.41. The Balaban J connectivity index is 3.39. The van der Waals surface area contributed by atoms with E-state index in [0.717, 1.165) is 12.5 Å². The summed E-state index contributed by atoms with van der Waals surface area (Å²) >= 11 is 0. The molecule has 0 aliphatic carbocycles. The molecule has 1 amide bonds. The van der Waals surface area contributed by atoms with E-state index >= 15 is 0 Å². The maximum atomic E-state index is 13.7. The normalized spacial score (nSPS) is 11.1. The van der Waals surface area contributed by atoms with Crippen LogP contribution < -0.4 is 5.73 Å². The van der Waals surface area contributed by atoms with Crippen LogP contribution in [-0.2, 0) is 12.6 Å². The first-order valence-electron chi connectivity index (χ1n) is 4.68. The Kier molecular flexibility index (Phi) is 3.91. The zero-order valence-corrected chi connectivity index (χ0v) is 8.88. The monoisotopic (exact) mass is 259 g/mol. The molecule has 0 saturated carbocycles. The van der Waals surface area contributed by atoms with E-state index in [1.54, 1.807) is 6.07 Å². The van der Waals surface area contributed by atoms with Crippen molar-refractivity contribution in [1.82, 2.24) is 0 Å². The van der Waals surface area contributed by atoms with Crippen molar-refractivity contribution in [2.45, 2.75) is 12.6 Å². The van der Waals surface area contributed by atoms with Gasteiger partial charge in [-0.25, -0.2) is 4.39 Å². The maximum Gasteiger partial charge on any atom is 0.417 e. The van der Waals surface area contributed by atoms with Crippen LogP contribution in [0.15, 0.2) is 12.1 Å². The van der Waals surface area contributed by atoms with Crippen LogP contribution in [0.5, 0.6) is 0 Å². The highest BCUT2D eigenvalue weighted by molar-refractivity contribution is 5.95. The molecule has 0 aromatic heterocycles. The summed E-state index contributed by atoms with van der Waals surface area (Å²) in [6, 6.07) is 3.05. The Hall–Kier alpha value is -2.10. The molecule has 2 N–H and O–H groups in total. The number of hydrogen-bond acceptors (Lipinski definition) is 2. The molecule has 0 atom stereocenters. The molecule has 0 bridgehead atoms. The molecule has 1 aromatic rings. The molecule has 3 nitrogen and oxygen atoms in total. The lowest BCUT2D eigenvalue weighted by molar-refractivity contribution is -0.138. The smallest absolute Gasteiger partial charge is 0.365 e. The SMILES string of the molecule is N#C[CH]Cc1ccc(C(F)(F)F)c(C(N)=O)c1F.